The first-order chi connectivity index (χ1) is 16.0. The van der Waals surface area contributed by atoms with Crippen molar-refractivity contribution < 1.29 is 22.7 Å². The smallest absolute Gasteiger partial charge is 0.252 e. The largest absolute Gasteiger partial charge is 0.497 e. The number of hydrogen-bond acceptors (Lipinski definition) is 7. The molecule has 1 N–H and O–H groups in total. The predicted molar refractivity (Wildman–Crippen MR) is 127 cm³/mol. The number of morpholine rings is 1. The van der Waals surface area contributed by atoms with E-state index < -0.39 is 10.0 Å². The Hall–Kier alpha value is -1.98. The molecule has 33 heavy (non-hydrogen) atoms. The molecule has 2 aromatic rings. The average molecular weight is 494 g/mol. The Balaban J connectivity index is 1.42. The Kier molecular flexibility index (Phi) is 8.02. The highest BCUT2D eigenvalue weighted by molar-refractivity contribution is 7.91. The Bertz CT molecular complexity index is 1010. The Morgan fingerprint density at radius 1 is 1.21 bits per heavy atom. The van der Waals surface area contributed by atoms with E-state index in [-0.39, 0.29) is 24.4 Å². The van der Waals surface area contributed by atoms with Crippen LogP contribution in [0.25, 0.3) is 0 Å². The number of hydrogen-bond donors (Lipinski definition) is 1. The zero-order valence-electron chi connectivity index (χ0n) is 18.8. The van der Waals surface area contributed by atoms with Gasteiger partial charge in [0.25, 0.3) is 10.0 Å². The van der Waals surface area contributed by atoms with Gasteiger partial charge in [0.2, 0.25) is 5.91 Å². The van der Waals surface area contributed by atoms with Crippen LogP contribution in [-0.2, 0) is 19.6 Å². The van der Waals surface area contributed by atoms with Crippen LogP contribution in [0.3, 0.4) is 0 Å². The van der Waals surface area contributed by atoms with Gasteiger partial charge in [0, 0.05) is 32.7 Å². The lowest BCUT2D eigenvalue weighted by Gasteiger charge is -2.36. The Morgan fingerprint density at radius 2 is 1.97 bits per heavy atom. The van der Waals surface area contributed by atoms with E-state index in [9.17, 15) is 13.2 Å². The summed E-state index contributed by atoms with van der Waals surface area (Å²) in [7, 11) is -1.91. The van der Waals surface area contributed by atoms with Crippen LogP contribution in [-0.4, -0.2) is 76.6 Å². The monoisotopic (exact) mass is 493 g/mol. The van der Waals surface area contributed by atoms with E-state index in [2.05, 4.69) is 10.2 Å². The third-order valence-corrected chi connectivity index (χ3v) is 9.54. The number of nitrogens with zero attached hydrogens (tertiary/aromatic N) is 2. The van der Waals surface area contributed by atoms with Crippen molar-refractivity contribution >= 4 is 27.3 Å². The van der Waals surface area contributed by atoms with Crippen LogP contribution in [0.5, 0.6) is 5.75 Å². The highest BCUT2D eigenvalue weighted by atomic mass is 32.2. The summed E-state index contributed by atoms with van der Waals surface area (Å²) in [6.07, 6.45) is 1.36. The highest BCUT2D eigenvalue weighted by Crippen LogP contribution is 2.27. The van der Waals surface area contributed by atoms with Gasteiger partial charge in [-0.3, -0.25) is 9.69 Å². The van der Waals surface area contributed by atoms with Gasteiger partial charge in [0.15, 0.2) is 0 Å². The van der Waals surface area contributed by atoms with Gasteiger partial charge < -0.3 is 14.8 Å². The lowest BCUT2D eigenvalue weighted by molar-refractivity contribution is -0.126. The molecule has 2 aliphatic rings. The van der Waals surface area contributed by atoms with Gasteiger partial charge in [-0.25, -0.2) is 8.42 Å². The third-order valence-electron chi connectivity index (χ3n) is 6.30. The molecule has 2 unspecified atom stereocenters. The predicted octanol–water partition coefficient (Wildman–Crippen LogP) is 2.35. The number of carbonyl (C=O) groups is 1. The SMILES string of the molecule is COc1ccc(C(CNC(=O)C2CCCN(S(=O)(=O)c3cccs3)C2)N2CCOCC2)cc1. The van der Waals surface area contributed by atoms with Crippen molar-refractivity contribution in [2.24, 2.45) is 5.92 Å². The zero-order chi connectivity index (χ0) is 23.3. The van der Waals surface area contributed by atoms with Crippen LogP contribution in [0.1, 0.15) is 24.4 Å². The van der Waals surface area contributed by atoms with E-state index in [1.807, 2.05) is 24.3 Å². The molecule has 2 aliphatic heterocycles. The summed E-state index contributed by atoms with van der Waals surface area (Å²) in [5.41, 5.74) is 1.10. The molecule has 0 aliphatic carbocycles. The van der Waals surface area contributed by atoms with Crippen molar-refractivity contribution in [1.82, 2.24) is 14.5 Å². The van der Waals surface area contributed by atoms with E-state index in [1.54, 1.807) is 24.6 Å². The van der Waals surface area contributed by atoms with Crippen LogP contribution in [0.4, 0.5) is 0 Å². The topological polar surface area (TPSA) is 88.2 Å². The van der Waals surface area contributed by atoms with Crippen LogP contribution >= 0.6 is 11.3 Å². The molecule has 1 aromatic heterocycles. The average Bonchev–Trinajstić information content (AvgIpc) is 3.41. The molecule has 0 bridgehead atoms. The molecule has 0 spiro atoms. The van der Waals surface area contributed by atoms with Crippen molar-refractivity contribution in [3.05, 3.63) is 47.3 Å². The van der Waals surface area contributed by atoms with Crippen LogP contribution in [0, 0.1) is 5.92 Å². The number of methoxy groups -OCH3 is 1. The number of benzene rings is 1. The summed E-state index contributed by atoms with van der Waals surface area (Å²) in [5.74, 6) is 0.348. The van der Waals surface area contributed by atoms with Crippen molar-refractivity contribution in [3.63, 3.8) is 0 Å². The number of amides is 1. The molecule has 2 atom stereocenters. The van der Waals surface area contributed by atoms with Crippen molar-refractivity contribution in [1.29, 1.82) is 0 Å². The third kappa shape index (κ3) is 5.75. The summed E-state index contributed by atoms with van der Waals surface area (Å²) in [6.45, 7) is 4.05. The van der Waals surface area contributed by atoms with Crippen molar-refractivity contribution in [2.75, 3.05) is 53.0 Å². The maximum Gasteiger partial charge on any atom is 0.252 e. The number of rotatable bonds is 8. The molecule has 10 heteroatoms. The molecule has 2 fully saturated rings. The van der Waals surface area contributed by atoms with E-state index >= 15 is 0 Å². The van der Waals surface area contributed by atoms with E-state index in [0.29, 0.717) is 43.4 Å². The molecular weight excluding hydrogens is 462 g/mol. The summed E-state index contributed by atoms with van der Waals surface area (Å²) in [5, 5.41) is 4.87. The molecule has 0 saturated carbocycles. The first-order valence-corrected chi connectivity index (χ1v) is 13.6. The number of thiophene rings is 1. The summed E-state index contributed by atoms with van der Waals surface area (Å²) in [6, 6.07) is 11.3. The summed E-state index contributed by atoms with van der Waals surface area (Å²) >= 11 is 1.21. The van der Waals surface area contributed by atoms with Gasteiger partial charge in [0.1, 0.15) is 9.96 Å². The van der Waals surface area contributed by atoms with Crippen molar-refractivity contribution in [3.8, 4) is 5.75 Å². The molecule has 3 heterocycles. The molecule has 2 saturated heterocycles. The molecule has 0 radical (unpaired) electrons. The lowest BCUT2D eigenvalue weighted by atomic mass is 9.98. The van der Waals surface area contributed by atoms with Gasteiger partial charge >= 0.3 is 0 Å². The van der Waals surface area contributed by atoms with Gasteiger partial charge in [-0.15, -0.1) is 11.3 Å². The number of piperidine rings is 1. The number of ether oxygens (including phenoxy) is 2. The van der Waals surface area contributed by atoms with E-state index in [0.717, 1.165) is 24.4 Å². The van der Waals surface area contributed by atoms with E-state index in [1.165, 1.54) is 15.6 Å². The lowest BCUT2D eigenvalue weighted by Crippen LogP contribution is -2.48. The van der Waals surface area contributed by atoms with Crippen molar-refractivity contribution in [2.45, 2.75) is 23.1 Å². The Labute approximate surface area is 199 Å². The van der Waals surface area contributed by atoms with Crippen LogP contribution in [0.15, 0.2) is 46.0 Å². The number of sulfonamides is 1. The van der Waals surface area contributed by atoms with E-state index in [4.69, 9.17) is 9.47 Å². The molecule has 1 aromatic carbocycles. The first-order valence-electron chi connectivity index (χ1n) is 11.3. The molecule has 4 rings (SSSR count). The fraction of sp³-hybridized carbons (Fsp3) is 0.522. The second kappa shape index (κ2) is 11.0. The van der Waals surface area contributed by atoms with Crippen LogP contribution < -0.4 is 10.1 Å². The number of nitrogens with one attached hydrogen (secondary N) is 1. The normalized spacial score (nSPS) is 21.4. The highest BCUT2D eigenvalue weighted by Gasteiger charge is 2.34. The van der Waals surface area contributed by atoms with Gasteiger partial charge in [0.05, 0.1) is 32.3 Å². The van der Waals surface area contributed by atoms with Gasteiger partial charge in [-0.05, 0) is 42.0 Å². The fourth-order valence-electron chi connectivity index (χ4n) is 4.43. The molecule has 8 nitrogen and oxygen atoms in total. The van der Waals surface area contributed by atoms with Crippen LogP contribution in [0.2, 0.25) is 0 Å². The summed E-state index contributed by atoms with van der Waals surface area (Å²) < 4.78 is 38.4. The second-order valence-corrected chi connectivity index (χ2v) is 11.4. The molecule has 180 valence electrons. The summed E-state index contributed by atoms with van der Waals surface area (Å²) in [4.78, 5) is 15.4. The number of carbonyl (C=O) groups excluding carboxylic acids is 1. The minimum absolute atomic E-state index is 0.0123. The Morgan fingerprint density at radius 3 is 2.64 bits per heavy atom. The standard InChI is InChI=1S/C23H31N3O5S2/c1-30-20-8-6-18(7-9-20)21(25-11-13-31-14-12-25)16-24-23(27)19-4-2-10-26(17-19)33(28,29)22-5-3-15-32-22/h3,5-9,15,19,21H,2,4,10-14,16-17H2,1H3,(H,24,27). The minimum Gasteiger partial charge on any atom is -0.497 e. The van der Waals surface area contributed by atoms with Gasteiger partial charge in [-0.2, -0.15) is 4.31 Å². The molecule has 1 amide bonds. The molecular formula is C23H31N3O5S2. The first kappa shape index (κ1) is 24.2. The quantitative estimate of drug-likeness (QED) is 0.607. The van der Waals surface area contributed by atoms with Gasteiger partial charge in [-0.1, -0.05) is 18.2 Å². The zero-order valence-corrected chi connectivity index (χ0v) is 20.4. The fourth-order valence-corrected chi connectivity index (χ4v) is 7.10. The second-order valence-electron chi connectivity index (χ2n) is 8.32. The minimum atomic E-state index is -3.55. The maximum atomic E-state index is 13.1. The maximum absolute atomic E-state index is 13.1.